The first-order valence-corrected chi connectivity index (χ1v) is 9.06. The van der Waals surface area contributed by atoms with Crippen LogP contribution in [0.3, 0.4) is 0 Å². The van der Waals surface area contributed by atoms with Crippen molar-refractivity contribution in [2.45, 2.75) is 44.3 Å². The number of halogens is 1. The monoisotopic (exact) mass is 350 g/mol. The topological polar surface area (TPSA) is 59.8 Å². The van der Waals surface area contributed by atoms with Crippen molar-refractivity contribution >= 4 is 35.0 Å². The maximum absolute atomic E-state index is 12.2. The van der Waals surface area contributed by atoms with Gasteiger partial charge in [-0.25, -0.2) is 0 Å². The first kappa shape index (κ1) is 16.3. The van der Waals surface area contributed by atoms with Crippen LogP contribution < -0.4 is 5.32 Å². The number of nitrogens with one attached hydrogen (secondary N) is 1. The molecule has 5 nitrogen and oxygen atoms in total. The number of aromatic nitrogens is 3. The number of nitrogens with zero attached hydrogens (tertiary/aromatic N) is 3. The third-order valence-electron chi connectivity index (χ3n) is 3.81. The number of hydrogen-bond acceptors (Lipinski definition) is 4. The standard InChI is InChI=1S/C16H19ClN4OS/c1-3-21-15(11-5-6-11)19-20-16(21)23-9-14(22)18-13-8-12(17)7-4-10(13)2/h4,7-8,11H,3,5-6,9H2,1-2H3,(H,18,22). The molecule has 1 saturated carbocycles. The molecule has 122 valence electrons. The number of anilines is 1. The third kappa shape index (κ3) is 3.87. The Morgan fingerprint density at radius 2 is 2.22 bits per heavy atom. The van der Waals surface area contributed by atoms with Crippen LogP contribution >= 0.6 is 23.4 Å². The van der Waals surface area contributed by atoms with Crippen molar-refractivity contribution in [1.82, 2.24) is 14.8 Å². The normalized spacial score (nSPS) is 14.0. The molecule has 3 rings (SSSR count). The lowest BCUT2D eigenvalue weighted by atomic mass is 10.2. The van der Waals surface area contributed by atoms with Crippen LogP contribution in [0.15, 0.2) is 23.4 Å². The largest absolute Gasteiger partial charge is 0.325 e. The molecule has 7 heteroatoms. The number of hydrogen-bond donors (Lipinski definition) is 1. The van der Waals surface area contributed by atoms with Gasteiger partial charge in [-0.1, -0.05) is 29.4 Å². The Kier molecular flexibility index (Phi) is 4.92. The summed E-state index contributed by atoms with van der Waals surface area (Å²) >= 11 is 7.39. The molecule has 0 atom stereocenters. The van der Waals surface area contributed by atoms with Gasteiger partial charge < -0.3 is 9.88 Å². The smallest absolute Gasteiger partial charge is 0.234 e. The number of carbonyl (C=O) groups excluding carboxylic acids is 1. The maximum Gasteiger partial charge on any atom is 0.234 e. The summed E-state index contributed by atoms with van der Waals surface area (Å²) < 4.78 is 2.11. The number of carbonyl (C=O) groups is 1. The predicted octanol–water partition coefficient (Wildman–Crippen LogP) is 3.87. The van der Waals surface area contributed by atoms with E-state index in [9.17, 15) is 4.79 Å². The lowest BCUT2D eigenvalue weighted by molar-refractivity contribution is -0.113. The second-order valence-electron chi connectivity index (χ2n) is 5.66. The summed E-state index contributed by atoms with van der Waals surface area (Å²) in [6, 6.07) is 5.46. The van der Waals surface area contributed by atoms with Crippen molar-refractivity contribution in [3.05, 3.63) is 34.6 Å². The van der Waals surface area contributed by atoms with Crippen molar-refractivity contribution in [2.75, 3.05) is 11.1 Å². The molecular weight excluding hydrogens is 332 g/mol. The maximum atomic E-state index is 12.2. The van der Waals surface area contributed by atoms with Crippen molar-refractivity contribution in [2.24, 2.45) is 0 Å². The summed E-state index contributed by atoms with van der Waals surface area (Å²) in [6.45, 7) is 4.85. The van der Waals surface area contributed by atoms with E-state index in [2.05, 4.69) is 27.0 Å². The van der Waals surface area contributed by atoms with Crippen LogP contribution in [0, 0.1) is 6.92 Å². The van der Waals surface area contributed by atoms with Gasteiger partial charge in [-0.15, -0.1) is 10.2 Å². The fraction of sp³-hybridized carbons (Fsp3) is 0.438. The van der Waals surface area contributed by atoms with E-state index in [0.717, 1.165) is 28.8 Å². The quantitative estimate of drug-likeness (QED) is 0.803. The number of thioether (sulfide) groups is 1. The SMILES string of the molecule is CCn1c(SCC(=O)Nc2cc(Cl)ccc2C)nnc1C1CC1. The molecule has 0 bridgehead atoms. The minimum Gasteiger partial charge on any atom is -0.325 e. The van der Waals surface area contributed by atoms with E-state index in [-0.39, 0.29) is 5.91 Å². The molecule has 0 aliphatic heterocycles. The van der Waals surface area contributed by atoms with E-state index in [0.29, 0.717) is 16.7 Å². The van der Waals surface area contributed by atoms with Gasteiger partial charge in [-0.2, -0.15) is 0 Å². The molecule has 1 N–H and O–H groups in total. The second kappa shape index (κ2) is 6.93. The van der Waals surface area contributed by atoms with Crippen LogP contribution in [-0.4, -0.2) is 26.4 Å². The third-order valence-corrected chi connectivity index (χ3v) is 5.01. The number of benzene rings is 1. The van der Waals surface area contributed by atoms with E-state index in [4.69, 9.17) is 11.6 Å². The molecule has 2 aromatic rings. The van der Waals surface area contributed by atoms with Gasteiger partial charge in [0.15, 0.2) is 5.16 Å². The molecule has 1 fully saturated rings. The molecule has 23 heavy (non-hydrogen) atoms. The van der Waals surface area contributed by atoms with E-state index in [1.54, 1.807) is 6.07 Å². The summed E-state index contributed by atoms with van der Waals surface area (Å²) in [5, 5.41) is 12.8. The van der Waals surface area contributed by atoms with Crippen molar-refractivity contribution in [3.63, 3.8) is 0 Å². The van der Waals surface area contributed by atoms with Crippen LogP contribution in [0.25, 0.3) is 0 Å². The van der Waals surface area contributed by atoms with Crippen molar-refractivity contribution in [1.29, 1.82) is 0 Å². The molecule has 0 saturated heterocycles. The Balaban J connectivity index is 1.62. The summed E-state index contributed by atoms with van der Waals surface area (Å²) in [5.41, 5.74) is 1.74. The average Bonchev–Trinajstić information content (AvgIpc) is 3.29. The Labute approximate surface area is 144 Å². The van der Waals surface area contributed by atoms with Crippen LogP contribution in [0.5, 0.6) is 0 Å². The number of amides is 1. The summed E-state index contributed by atoms with van der Waals surface area (Å²) in [6.07, 6.45) is 2.38. The minimum absolute atomic E-state index is 0.0704. The summed E-state index contributed by atoms with van der Waals surface area (Å²) in [5.74, 6) is 1.84. The van der Waals surface area contributed by atoms with E-state index >= 15 is 0 Å². The highest BCUT2D eigenvalue weighted by Crippen LogP contribution is 2.39. The van der Waals surface area contributed by atoms with E-state index in [1.807, 2.05) is 19.1 Å². The molecule has 0 radical (unpaired) electrons. The summed E-state index contributed by atoms with van der Waals surface area (Å²) in [7, 11) is 0. The predicted molar refractivity (Wildman–Crippen MR) is 93.2 cm³/mol. The molecule has 1 aromatic heterocycles. The molecule has 1 heterocycles. The Morgan fingerprint density at radius 3 is 2.91 bits per heavy atom. The molecule has 0 unspecified atom stereocenters. The van der Waals surface area contributed by atoms with Gasteiger partial charge in [-0.3, -0.25) is 4.79 Å². The molecule has 1 aliphatic carbocycles. The number of aryl methyl sites for hydroxylation is 1. The van der Waals surface area contributed by atoms with Crippen LogP contribution in [-0.2, 0) is 11.3 Å². The van der Waals surface area contributed by atoms with Gasteiger partial charge in [0, 0.05) is 23.2 Å². The lowest BCUT2D eigenvalue weighted by Crippen LogP contribution is -2.15. The minimum atomic E-state index is -0.0704. The fourth-order valence-electron chi connectivity index (χ4n) is 2.39. The highest BCUT2D eigenvalue weighted by Gasteiger charge is 2.30. The van der Waals surface area contributed by atoms with Crippen LogP contribution in [0.4, 0.5) is 5.69 Å². The molecular formula is C16H19ClN4OS. The molecule has 1 aliphatic rings. The Hall–Kier alpha value is -1.53. The van der Waals surface area contributed by atoms with Gasteiger partial charge in [-0.05, 0) is 44.4 Å². The number of rotatable bonds is 6. The van der Waals surface area contributed by atoms with E-state index in [1.165, 1.54) is 24.6 Å². The van der Waals surface area contributed by atoms with Gasteiger partial charge >= 0.3 is 0 Å². The lowest BCUT2D eigenvalue weighted by Gasteiger charge is -2.09. The first-order chi connectivity index (χ1) is 11.1. The van der Waals surface area contributed by atoms with Crippen molar-refractivity contribution < 1.29 is 4.79 Å². The van der Waals surface area contributed by atoms with Crippen LogP contribution in [0.2, 0.25) is 5.02 Å². The zero-order chi connectivity index (χ0) is 16.4. The highest BCUT2D eigenvalue weighted by atomic mass is 35.5. The fourth-order valence-corrected chi connectivity index (χ4v) is 3.37. The van der Waals surface area contributed by atoms with Gasteiger partial charge in [0.2, 0.25) is 5.91 Å². The molecule has 0 spiro atoms. The van der Waals surface area contributed by atoms with E-state index < -0.39 is 0 Å². The van der Waals surface area contributed by atoms with Gasteiger partial charge in [0.1, 0.15) is 5.82 Å². The van der Waals surface area contributed by atoms with Crippen LogP contribution in [0.1, 0.15) is 37.1 Å². The Morgan fingerprint density at radius 1 is 1.43 bits per heavy atom. The van der Waals surface area contributed by atoms with Crippen molar-refractivity contribution in [3.8, 4) is 0 Å². The highest BCUT2D eigenvalue weighted by molar-refractivity contribution is 7.99. The average molecular weight is 351 g/mol. The van der Waals surface area contributed by atoms with Gasteiger partial charge in [0.25, 0.3) is 0 Å². The summed E-state index contributed by atoms with van der Waals surface area (Å²) in [4.78, 5) is 12.2. The van der Waals surface area contributed by atoms with Gasteiger partial charge in [0.05, 0.1) is 5.75 Å². The second-order valence-corrected chi connectivity index (χ2v) is 7.03. The zero-order valence-corrected chi connectivity index (χ0v) is 14.7. The molecule has 1 aromatic carbocycles. The Bertz CT molecular complexity index is 727. The first-order valence-electron chi connectivity index (χ1n) is 7.70. The zero-order valence-electron chi connectivity index (χ0n) is 13.2. The molecule has 1 amide bonds.